The number of ether oxygens (including phenoxy) is 1. The molecule has 0 saturated carbocycles. The topological polar surface area (TPSA) is 139 Å². The van der Waals surface area contributed by atoms with Crippen molar-refractivity contribution in [3.63, 3.8) is 0 Å². The number of ketones is 1. The van der Waals surface area contributed by atoms with Crippen LogP contribution in [0, 0.1) is 11.6 Å². The molecule has 180 valence electrons. The van der Waals surface area contributed by atoms with Crippen molar-refractivity contribution < 1.29 is 41.4 Å². The van der Waals surface area contributed by atoms with Crippen LogP contribution in [0.25, 0.3) is 0 Å². The highest BCUT2D eigenvalue weighted by atomic mass is 19.4. The molecule has 0 radical (unpaired) electrons. The predicted octanol–water partition coefficient (Wildman–Crippen LogP) is 2.37. The molecule has 1 fully saturated rings. The molecular weight excluding hydrogens is 457 g/mol. The first-order valence-electron chi connectivity index (χ1n) is 9.42. The minimum absolute atomic E-state index is 0.0924. The van der Waals surface area contributed by atoms with Gasteiger partial charge in [0.25, 0.3) is 0 Å². The summed E-state index contributed by atoms with van der Waals surface area (Å²) >= 11 is 0. The van der Waals surface area contributed by atoms with E-state index in [0.717, 1.165) is 32.0 Å². The molecule has 2 aromatic rings. The zero-order chi connectivity index (χ0) is 24.8. The molecule has 0 aliphatic carbocycles. The number of aromatic nitrogens is 2. The Balaban J connectivity index is 0.000000479. The summed E-state index contributed by atoms with van der Waals surface area (Å²) in [4.78, 5) is 29.7. The van der Waals surface area contributed by atoms with Gasteiger partial charge in [0, 0.05) is 12.2 Å². The second-order valence-electron chi connectivity index (χ2n) is 6.73. The SMILES string of the molecule is COc1ccc(F)c(F)c1C(=O)c1cnc(NC2CCNCC2)nc1N.O=C(O)C(F)(F)F. The number of nitrogens with one attached hydrogen (secondary N) is 2. The van der Waals surface area contributed by atoms with Crippen LogP contribution in [0.4, 0.5) is 33.7 Å². The number of benzene rings is 1. The second kappa shape index (κ2) is 10.8. The first-order chi connectivity index (χ1) is 15.5. The molecule has 14 heteroatoms. The molecule has 1 aromatic heterocycles. The van der Waals surface area contributed by atoms with Gasteiger partial charge in [0.15, 0.2) is 11.6 Å². The fourth-order valence-electron chi connectivity index (χ4n) is 2.84. The number of carbonyl (C=O) groups excluding carboxylic acids is 1. The summed E-state index contributed by atoms with van der Waals surface area (Å²) in [7, 11) is 1.26. The van der Waals surface area contributed by atoms with Gasteiger partial charge >= 0.3 is 12.1 Å². The third-order valence-electron chi connectivity index (χ3n) is 4.48. The van der Waals surface area contributed by atoms with Crippen LogP contribution >= 0.6 is 0 Å². The smallest absolute Gasteiger partial charge is 0.490 e. The Morgan fingerprint density at radius 2 is 1.85 bits per heavy atom. The van der Waals surface area contributed by atoms with Crippen LogP contribution < -0.4 is 21.1 Å². The van der Waals surface area contributed by atoms with E-state index in [2.05, 4.69) is 20.6 Å². The van der Waals surface area contributed by atoms with Gasteiger partial charge in [0.2, 0.25) is 11.7 Å². The lowest BCUT2D eigenvalue weighted by molar-refractivity contribution is -0.192. The largest absolute Gasteiger partial charge is 0.496 e. The maximum absolute atomic E-state index is 14.1. The number of nitrogens with two attached hydrogens (primary N) is 1. The second-order valence-corrected chi connectivity index (χ2v) is 6.73. The van der Waals surface area contributed by atoms with Gasteiger partial charge in [0.1, 0.15) is 17.1 Å². The van der Waals surface area contributed by atoms with E-state index in [9.17, 15) is 26.7 Å². The van der Waals surface area contributed by atoms with Crippen molar-refractivity contribution in [3.05, 3.63) is 41.1 Å². The van der Waals surface area contributed by atoms with E-state index in [1.165, 1.54) is 19.4 Å². The van der Waals surface area contributed by atoms with Crippen LogP contribution in [-0.4, -0.2) is 59.2 Å². The first kappa shape index (κ1) is 25.7. The van der Waals surface area contributed by atoms with Crippen molar-refractivity contribution >= 4 is 23.5 Å². The number of anilines is 2. The Hall–Kier alpha value is -3.55. The summed E-state index contributed by atoms with van der Waals surface area (Å²) in [5, 5.41) is 13.5. The highest BCUT2D eigenvalue weighted by Gasteiger charge is 2.38. The van der Waals surface area contributed by atoms with Crippen molar-refractivity contribution in [1.29, 1.82) is 0 Å². The van der Waals surface area contributed by atoms with Gasteiger partial charge in [-0.05, 0) is 38.1 Å². The van der Waals surface area contributed by atoms with E-state index in [0.29, 0.717) is 0 Å². The van der Waals surface area contributed by atoms with Crippen LogP contribution in [0.5, 0.6) is 5.75 Å². The van der Waals surface area contributed by atoms with Gasteiger partial charge < -0.3 is 26.2 Å². The number of halogens is 5. The number of alkyl halides is 3. The summed E-state index contributed by atoms with van der Waals surface area (Å²) in [5.41, 5.74) is 5.20. The predicted molar refractivity (Wildman–Crippen MR) is 106 cm³/mol. The van der Waals surface area contributed by atoms with Crippen molar-refractivity contribution in [3.8, 4) is 5.75 Å². The number of hydrogen-bond donors (Lipinski definition) is 4. The van der Waals surface area contributed by atoms with Crippen LogP contribution in [0.15, 0.2) is 18.3 Å². The Labute approximate surface area is 184 Å². The van der Waals surface area contributed by atoms with E-state index in [-0.39, 0.29) is 29.1 Å². The lowest BCUT2D eigenvalue weighted by Crippen LogP contribution is -2.35. The number of rotatable bonds is 5. The van der Waals surface area contributed by atoms with Crippen LogP contribution in [0.1, 0.15) is 28.8 Å². The lowest BCUT2D eigenvalue weighted by Gasteiger charge is -2.23. The Bertz CT molecular complexity index is 1010. The van der Waals surface area contributed by atoms with E-state index in [1.54, 1.807) is 0 Å². The quantitative estimate of drug-likeness (QED) is 0.378. The average molecular weight is 477 g/mol. The summed E-state index contributed by atoms with van der Waals surface area (Å²) in [5.74, 6) is -5.98. The number of hydrogen-bond acceptors (Lipinski definition) is 8. The fourth-order valence-corrected chi connectivity index (χ4v) is 2.84. The maximum atomic E-state index is 14.1. The molecule has 9 nitrogen and oxygen atoms in total. The minimum Gasteiger partial charge on any atom is -0.496 e. The van der Waals surface area contributed by atoms with Crippen molar-refractivity contribution in [2.45, 2.75) is 25.1 Å². The van der Waals surface area contributed by atoms with Crippen molar-refractivity contribution in [2.75, 3.05) is 31.2 Å². The molecule has 2 heterocycles. The molecule has 1 aromatic carbocycles. The van der Waals surface area contributed by atoms with Gasteiger partial charge in [-0.1, -0.05) is 0 Å². The molecule has 5 N–H and O–H groups in total. The Morgan fingerprint density at radius 1 is 1.24 bits per heavy atom. The molecular formula is C19H20F5N5O4. The zero-order valence-electron chi connectivity index (χ0n) is 17.2. The number of carbonyl (C=O) groups is 2. The molecule has 0 spiro atoms. The standard InChI is InChI=1S/C17H19F2N5O2.C2HF3O2/c1-26-12-3-2-11(18)14(19)13(12)15(25)10-8-22-17(24-16(10)20)23-9-4-6-21-7-5-9;3-2(4,5)1(6)7/h2-3,8-9,21H,4-7H2,1H3,(H3,20,22,23,24);(H,6,7). The van der Waals surface area contributed by atoms with Crippen LogP contribution in [-0.2, 0) is 4.79 Å². The van der Waals surface area contributed by atoms with Gasteiger partial charge in [0.05, 0.1) is 12.7 Å². The number of carboxylic acid groups (broad SMARTS) is 1. The summed E-state index contributed by atoms with van der Waals surface area (Å²) < 4.78 is 64.4. The fraction of sp³-hybridized carbons (Fsp3) is 0.368. The number of nitrogens with zero attached hydrogens (tertiary/aromatic N) is 2. The monoisotopic (exact) mass is 477 g/mol. The molecule has 1 saturated heterocycles. The molecule has 33 heavy (non-hydrogen) atoms. The van der Waals surface area contributed by atoms with E-state index in [1.807, 2.05) is 0 Å². The van der Waals surface area contributed by atoms with Crippen LogP contribution in [0.3, 0.4) is 0 Å². The number of aliphatic carboxylic acids is 1. The molecule has 1 aliphatic rings. The highest BCUT2D eigenvalue weighted by Crippen LogP contribution is 2.28. The number of carboxylic acids is 1. The normalized spacial score (nSPS) is 14.1. The van der Waals surface area contributed by atoms with Crippen molar-refractivity contribution in [1.82, 2.24) is 15.3 Å². The van der Waals surface area contributed by atoms with Gasteiger partial charge in [-0.25, -0.2) is 18.6 Å². The maximum Gasteiger partial charge on any atom is 0.490 e. The Kier molecular flexibility index (Phi) is 8.45. The third-order valence-corrected chi connectivity index (χ3v) is 4.48. The minimum atomic E-state index is -5.08. The number of nitrogen functional groups attached to an aromatic ring is 1. The molecule has 0 bridgehead atoms. The molecule has 0 atom stereocenters. The Morgan fingerprint density at radius 3 is 2.36 bits per heavy atom. The molecule has 1 aliphatic heterocycles. The summed E-state index contributed by atoms with van der Waals surface area (Å²) in [6.45, 7) is 1.78. The third kappa shape index (κ3) is 6.71. The molecule has 0 amide bonds. The first-order valence-corrected chi connectivity index (χ1v) is 9.42. The van der Waals surface area contributed by atoms with E-state index in [4.69, 9.17) is 20.4 Å². The van der Waals surface area contributed by atoms with Gasteiger partial charge in [-0.2, -0.15) is 18.2 Å². The molecule has 3 rings (SSSR count). The van der Waals surface area contributed by atoms with Crippen LogP contribution in [0.2, 0.25) is 0 Å². The average Bonchev–Trinajstić information content (AvgIpc) is 2.75. The number of piperidine rings is 1. The zero-order valence-corrected chi connectivity index (χ0v) is 17.2. The van der Waals surface area contributed by atoms with E-state index < -0.39 is 35.1 Å². The lowest BCUT2D eigenvalue weighted by atomic mass is 10.0. The highest BCUT2D eigenvalue weighted by molar-refractivity contribution is 6.13. The van der Waals surface area contributed by atoms with E-state index >= 15 is 0 Å². The van der Waals surface area contributed by atoms with Gasteiger partial charge in [-0.15, -0.1) is 0 Å². The van der Waals surface area contributed by atoms with Gasteiger partial charge in [-0.3, -0.25) is 4.79 Å². The summed E-state index contributed by atoms with van der Waals surface area (Å²) in [6.07, 6.45) is -2.05. The molecule has 0 unspecified atom stereocenters. The van der Waals surface area contributed by atoms with Crippen molar-refractivity contribution in [2.24, 2.45) is 0 Å². The summed E-state index contributed by atoms with van der Waals surface area (Å²) in [6, 6.07) is 2.27. The number of methoxy groups -OCH3 is 1.